The Morgan fingerprint density at radius 3 is 2.50 bits per heavy atom. The van der Waals surface area contributed by atoms with Gasteiger partial charge in [0.2, 0.25) is 5.66 Å². The quantitative estimate of drug-likeness (QED) is 0.479. The van der Waals surface area contributed by atoms with E-state index in [0.717, 1.165) is 5.56 Å². The third-order valence-corrected chi connectivity index (χ3v) is 3.74. The SMILES string of the molecule is COC(=O)[C@@](N)(Nc1ccccc1)C(=O)Cc1ccsc1.Cl. The maximum absolute atomic E-state index is 12.5. The smallest absolute Gasteiger partial charge is 0.354 e. The lowest BCUT2D eigenvalue weighted by molar-refractivity contribution is -0.149. The van der Waals surface area contributed by atoms with Crippen molar-refractivity contribution in [2.24, 2.45) is 5.73 Å². The second kappa shape index (κ2) is 7.93. The molecule has 2 rings (SSSR count). The molecule has 0 fully saturated rings. The van der Waals surface area contributed by atoms with Gasteiger partial charge in [-0.2, -0.15) is 11.3 Å². The maximum atomic E-state index is 12.5. The zero-order valence-electron chi connectivity index (χ0n) is 11.9. The summed E-state index contributed by atoms with van der Waals surface area (Å²) in [6, 6.07) is 10.7. The lowest BCUT2D eigenvalue weighted by Crippen LogP contribution is -2.62. The molecular formula is C15H17ClN2O3S. The number of anilines is 1. The Kier molecular flexibility index (Phi) is 6.55. The lowest BCUT2D eigenvalue weighted by Gasteiger charge is -2.27. The van der Waals surface area contributed by atoms with Gasteiger partial charge in [-0.3, -0.25) is 10.5 Å². The van der Waals surface area contributed by atoms with E-state index in [2.05, 4.69) is 10.1 Å². The molecule has 1 aromatic carbocycles. The highest BCUT2D eigenvalue weighted by Gasteiger charge is 2.43. The molecule has 3 N–H and O–H groups in total. The molecule has 2 aromatic rings. The maximum Gasteiger partial charge on any atom is 0.354 e. The third-order valence-electron chi connectivity index (χ3n) is 3.01. The standard InChI is InChI=1S/C15H16N2O3S.ClH/c1-20-14(19)15(16,17-12-5-3-2-4-6-12)13(18)9-11-7-8-21-10-11;/h2-8,10,17H,9,16H2,1H3;1H/t15-;/m0./s1. The van der Waals surface area contributed by atoms with E-state index in [1.807, 2.05) is 22.9 Å². The highest BCUT2D eigenvalue weighted by Crippen LogP contribution is 2.17. The number of nitrogens with one attached hydrogen (secondary N) is 1. The Morgan fingerprint density at radius 1 is 1.27 bits per heavy atom. The van der Waals surface area contributed by atoms with Crippen LogP contribution in [0, 0.1) is 0 Å². The van der Waals surface area contributed by atoms with E-state index < -0.39 is 17.4 Å². The molecule has 0 aliphatic heterocycles. The largest absolute Gasteiger partial charge is 0.466 e. The number of carbonyl (C=O) groups is 2. The number of methoxy groups -OCH3 is 1. The molecule has 5 nitrogen and oxygen atoms in total. The third kappa shape index (κ3) is 4.07. The summed E-state index contributed by atoms with van der Waals surface area (Å²) < 4.78 is 4.68. The summed E-state index contributed by atoms with van der Waals surface area (Å²) >= 11 is 1.48. The van der Waals surface area contributed by atoms with Gasteiger partial charge in [0.05, 0.1) is 7.11 Å². The van der Waals surface area contributed by atoms with Gasteiger partial charge in [-0.1, -0.05) is 18.2 Å². The normalized spacial score (nSPS) is 12.6. The summed E-state index contributed by atoms with van der Waals surface area (Å²) in [4.78, 5) is 24.4. The molecule has 0 spiro atoms. The zero-order valence-corrected chi connectivity index (χ0v) is 13.6. The van der Waals surface area contributed by atoms with E-state index in [-0.39, 0.29) is 18.8 Å². The summed E-state index contributed by atoms with van der Waals surface area (Å²) in [5.41, 5.74) is 5.50. The summed E-state index contributed by atoms with van der Waals surface area (Å²) in [6.45, 7) is 0. The zero-order chi connectivity index (χ0) is 15.3. The summed E-state index contributed by atoms with van der Waals surface area (Å²) in [5, 5.41) is 6.49. The molecule has 1 atom stereocenters. The molecule has 118 valence electrons. The highest BCUT2D eigenvalue weighted by molar-refractivity contribution is 7.08. The van der Waals surface area contributed by atoms with Crippen LogP contribution < -0.4 is 11.1 Å². The number of para-hydroxylation sites is 1. The Hall–Kier alpha value is -1.89. The van der Waals surface area contributed by atoms with Crippen molar-refractivity contribution in [1.82, 2.24) is 0 Å². The molecule has 0 radical (unpaired) electrons. The van der Waals surface area contributed by atoms with E-state index in [4.69, 9.17) is 5.73 Å². The molecule has 22 heavy (non-hydrogen) atoms. The number of thiophene rings is 1. The van der Waals surface area contributed by atoms with Crippen LogP contribution in [0.5, 0.6) is 0 Å². The molecule has 0 aliphatic carbocycles. The van der Waals surface area contributed by atoms with E-state index in [0.29, 0.717) is 5.69 Å². The number of benzene rings is 1. The van der Waals surface area contributed by atoms with Crippen molar-refractivity contribution in [1.29, 1.82) is 0 Å². The average molecular weight is 341 g/mol. The topological polar surface area (TPSA) is 81.4 Å². The van der Waals surface area contributed by atoms with Crippen LogP contribution in [0.25, 0.3) is 0 Å². The minimum Gasteiger partial charge on any atom is -0.466 e. The van der Waals surface area contributed by atoms with Gasteiger partial charge in [0, 0.05) is 12.1 Å². The minimum absolute atomic E-state index is 0. The van der Waals surface area contributed by atoms with Gasteiger partial charge in [0.25, 0.3) is 0 Å². The summed E-state index contributed by atoms with van der Waals surface area (Å²) in [5.74, 6) is -1.26. The number of halogens is 1. The van der Waals surface area contributed by atoms with Crippen molar-refractivity contribution >= 4 is 41.2 Å². The van der Waals surface area contributed by atoms with Gasteiger partial charge in [-0.05, 0) is 34.5 Å². The first kappa shape index (κ1) is 18.2. The molecule has 0 amide bonds. The molecule has 0 unspecified atom stereocenters. The first-order valence-electron chi connectivity index (χ1n) is 6.31. The van der Waals surface area contributed by atoms with Crippen molar-refractivity contribution in [3.63, 3.8) is 0 Å². The van der Waals surface area contributed by atoms with E-state index in [1.165, 1.54) is 18.4 Å². The molecule has 1 aromatic heterocycles. The molecule has 7 heteroatoms. The molecule has 0 saturated carbocycles. The van der Waals surface area contributed by atoms with Gasteiger partial charge in [0.1, 0.15) is 0 Å². The van der Waals surface area contributed by atoms with Crippen LogP contribution in [-0.2, 0) is 20.7 Å². The number of hydrogen-bond acceptors (Lipinski definition) is 6. The summed E-state index contributed by atoms with van der Waals surface area (Å²) in [6.07, 6.45) is 0.0644. The lowest BCUT2D eigenvalue weighted by atomic mass is 9.99. The van der Waals surface area contributed by atoms with Crippen LogP contribution in [0.1, 0.15) is 5.56 Å². The predicted octanol–water partition coefficient (Wildman–Crippen LogP) is 2.22. The predicted molar refractivity (Wildman–Crippen MR) is 89.3 cm³/mol. The Bertz CT molecular complexity index is 619. The second-order valence-corrected chi connectivity index (χ2v) is 5.30. The van der Waals surface area contributed by atoms with Crippen LogP contribution in [-0.4, -0.2) is 24.5 Å². The van der Waals surface area contributed by atoms with Gasteiger partial charge in [-0.15, -0.1) is 12.4 Å². The van der Waals surface area contributed by atoms with Crippen LogP contribution >= 0.6 is 23.7 Å². The van der Waals surface area contributed by atoms with Crippen LogP contribution in [0.4, 0.5) is 5.69 Å². The average Bonchev–Trinajstić information content (AvgIpc) is 3.00. The number of esters is 1. The fourth-order valence-corrected chi connectivity index (χ4v) is 2.53. The number of hydrogen-bond donors (Lipinski definition) is 2. The van der Waals surface area contributed by atoms with Crippen molar-refractivity contribution in [2.45, 2.75) is 12.1 Å². The van der Waals surface area contributed by atoms with Crippen molar-refractivity contribution in [3.8, 4) is 0 Å². The number of nitrogens with two attached hydrogens (primary N) is 1. The molecular weight excluding hydrogens is 324 g/mol. The Morgan fingerprint density at radius 2 is 1.95 bits per heavy atom. The fraction of sp³-hybridized carbons (Fsp3) is 0.200. The number of carbonyl (C=O) groups excluding carboxylic acids is 2. The fourth-order valence-electron chi connectivity index (χ4n) is 1.86. The second-order valence-electron chi connectivity index (χ2n) is 4.52. The van der Waals surface area contributed by atoms with Crippen LogP contribution in [0.3, 0.4) is 0 Å². The van der Waals surface area contributed by atoms with Crippen molar-refractivity contribution in [2.75, 3.05) is 12.4 Å². The number of ketones is 1. The first-order chi connectivity index (χ1) is 10.1. The van der Waals surface area contributed by atoms with E-state index >= 15 is 0 Å². The number of Topliss-reactive ketones (excluding diaryl/α,β-unsaturated/α-hetero) is 1. The molecule has 1 heterocycles. The van der Waals surface area contributed by atoms with Gasteiger partial charge < -0.3 is 10.1 Å². The number of ether oxygens (including phenoxy) is 1. The number of rotatable bonds is 6. The van der Waals surface area contributed by atoms with Crippen LogP contribution in [0.15, 0.2) is 47.2 Å². The molecule has 0 aliphatic rings. The Labute approximate surface area is 138 Å². The van der Waals surface area contributed by atoms with Crippen molar-refractivity contribution < 1.29 is 14.3 Å². The van der Waals surface area contributed by atoms with Gasteiger partial charge in [0.15, 0.2) is 5.78 Å². The van der Waals surface area contributed by atoms with Gasteiger partial charge >= 0.3 is 5.97 Å². The monoisotopic (exact) mass is 340 g/mol. The Balaban J connectivity index is 0.00000242. The van der Waals surface area contributed by atoms with Gasteiger partial charge in [-0.25, -0.2) is 4.79 Å². The molecule has 0 saturated heterocycles. The van der Waals surface area contributed by atoms with E-state index in [9.17, 15) is 9.59 Å². The highest BCUT2D eigenvalue weighted by atomic mass is 35.5. The van der Waals surface area contributed by atoms with E-state index in [1.54, 1.807) is 24.3 Å². The first-order valence-corrected chi connectivity index (χ1v) is 7.25. The molecule has 0 bridgehead atoms. The van der Waals surface area contributed by atoms with Crippen LogP contribution in [0.2, 0.25) is 0 Å². The van der Waals surface area contributed by atoms with Crippen molar-refractivity contribution in [3.05, 3.63) is 52.7 Å². The minimum atomic E-state index is -1.90. The summed E-state index contributed by atoms with van der Waals surface area (Å²) in [7, 11) is 1.20.